The number of rotatable bonds is 34. The van der Waals surface area contributed by atoms with Crippen molar-refractivity contribution < 1.29 is 15.0 Å². The molecule has 3 N–H and O–H groups in total. The molecular weight excluding hydrogens is 554 g/mol. The summed E-state index contributed by atoms with van der Waals surface area (Å²) >= 11 is 0. The van der Waals surface area contributed by atoms with Crippen LogP contribution in [0.15, 0.2) is 48.6 Å². The van der Waals surface area contributed by atoms with Crippen molar-refractivity contribution in [2.75, 3.05) is 6.61 Å². The summed E-state index contributed by atoms with van der Waals surface area (Å²) in [4.78, 5) is 12.3. The largest absolute Gasteiger partial charge is 0.394 e. The van der Waals surface area contributed by atoms with Crippen LogP contribution in [0.1, 0.15) is 187 Å². The van der Waals surface area contributed by atoms with Gasteiger partial charge in [-0.3, -0.25) is 4.79 Å². The SMILES string of the molecule is CCCCCC/C=C/CC/C=C/CC/C=C/C(O)C(CO)NC(=O)CCCCCCCCC/C=C\CCCCCCCCCC. The van der Waals surface area contributed by atoms with Crippen molar-refractivity contribution in [3.63, 3.8) is 0 Å². The van der Waals surface area contributed by atoms with Crippen LogP contribution < -0.4 is 5.32 Å². The number of aliphatic hydroxyl groups is 2. The van der Waals surface area contributed by atoms with Crippen molar-refractivity contribution in [3.8, 4) is 0 Å². The van der Waals surface area contributed by atoms with Gasteiger partial charge in [-0.25, -0.2) is 0 Å². The molecule has 0 rings (SSSR count). The Bertz CT molecular complexity index is 726. The lowest BCUT2D eigenvalue weighted by Crippen LogP contribution is -2.45. The Labute approximate surface area is 280 Å². The molecule has 0 spiro atoms. The maximum Gasteiger partial charge on any atom is 0.220 e. The van der Waals surface area contributed by atoms with Gasteiger partial charge in [-0.2, -0.15) is 0 Å². The Balaban J connectivity index is 3.67. The third-order valence-corrected chi connectivity index (χ3v) is 8.51. The third-order valence-electron chi connectivity index (χ3n) is 8.51. The molecule has 2 atom stereocenters. The maximum absolute atomic E-state index is 12.3. The summed E-state index contributed by atoms with van der Waals surface area (Å²) in [5.41, 5.74) is 0. The lowest BCUT2D eigenvalue weighted by Gasteiger charge is -2.19. The minimum absolute atomic E-state index is 0.0850. The summed E-state index contributed by atoms with van der Waals surface area (Å²) in [6, 6.07) is -0.646. The smallest absolute Gasteiger partial charge is 0.220 e. The monoisotopic (exact) mass is 630 g/mol. The van der Waals surface area contributed by atoms with E-state index in [4.69, 9.17) is 0 Å². The predicted molar refractivity (Wildman–Crippen MR) is 198 cm³/mol. The van der Waals surface area contributed by atoms with E-state index in [-0.39, 0.29) is 12.5 Å². The van der Waals surface area contributed by atoms with Gasteiger partial charge in [0.15, 0.2) is 0 Å². The number of aliphatic hydroxyl groups excluding tert-OH is 2. The highest BCUT2D eigenvalue weighted by Gasteiger charge is 2.17. The standard InChI is InChI=1S/C41H75NO3/c1-3-5-7-9-11-13-15-17-19-20-21-22-23-25-27-29-31-33-35-37-41(45)42-39(38-43)40(44)36-34-32-30-28-26-24-18-16-14-12-10-8-6-4-2/h14,16,20-21,26,28,34,36,39-40,43-44H,3-13,15,17-19,22-25,27,29-33,35,37-38H2,1-2H3,(H,42,45)/b16-14+,21-20-,28-26+,36-34+. The van der Waals surface area contributed by atoms with Gasteiger partial charge >= 0.3 is 0 Å². The molecule has 0 aliphatic heterocycles. The normalized spacial score (nSPS) is 13.6. The molecule has 0 aliphatic carbocycles. The van der Waals surface area contributed by atoms with E-state index in [2.05, 4.69) is 55.6 Å². The summed E-state index contributed by atoms with van der Waals surface area (Å²) in [6.07, 6.45) is 49.1. The molecule has 0 saturated heterocycles. The quantitative estimate of drug-likeness (QED) is 0.0490. The van der Waals surface area contributed by atoms with E-state index in [1.165, 1.54) is 128 Å². The van der Waals surface area contributed by atoms with Crippen LogP contribution in [-0.4, -0.2) is 34.9 Å². The van der Waals surface area contributed by atoms with Crippen LogP contribution in [0.3, 0.4) is 0 Å². The third kappa shape index (κ3) is 33.5. The molecule has 0 fully saturated rings. The molecule has 0 bridgehead atoms. The highest BCUT2D eigenvalue weighted by molar-refractivity contribution is 5.76. The summed E-state index contributed by atoms with van der Waals surface area (Å²) in [6.45, 7) is 4.26. The van der Waals surface area contributed by atoms with Gasteiger partial charge in [-0.1, -0.05) is 159 Å². The molecule has 0 radical (unpaired) electrons. The summed E-state index contributed by atoms with van der Waals surface area (Å²) in [5, 5.41) is 22.9. The fourth-order valence-electron chi connectivity index (χ4n) is 5.50. The Hall–Kier alpha value is -1.65. The molecule has 1 amide bonds. The van der Waals surface area contributed by atoms with Crippen LogP contribution in [0.25, 0.3) is 0 Å². The van der Waals surface area contributed by atoms with Gasteiger partial charge in [0.2, 0.25) is 5.91 Å². The molecule has 0 aromatic carbocycles. The van der Waals surface area contributed by atoms with Crippen LogP contribution in [0.2, 0.25) is 0 Å². The minimum Gasteiger partial charge on any atom is -0.394 e. The topological polar surface area (TPSA) is 69.6 Å². The Morgan fingerprint density at radius 1 is 0.511 bits per heavy atom. The van der Waals surface area contributed by atoms with Gasteiger partial charge < -0.3 is 15.5 Å². The molecule has 4 heteroatoms. The molecule has 4 nitrogen and oxygen atoms in total. The molecule has 0 saturated carbocycles. The molecule has 2 unspecified atom stereocenters. The summed E-state index contributed by atoms with van der Waals surface area (Å²) < 4.78 is 0. The first kappa shape index (κ1) is 43.4. The molecule has 45 heavy (non-hydrogen) atoms. The van der Waals surface area contributed by atoms with E-state index < -0.39 is 12.1 Å². The lowest BCUT2D eigenvalue weighted by molar-refractivity contribution is -0.123. The van der Waals surface area contributed by atoms with Gasteiger partial charge in [0.1, 0.15) is 0 Å². The van der Waals surface area contributed by atoms with Crippen molar-refractivity contribution in [1.82, 2.24) is 5.32 Å². The van der Waals surface area contributed by atoms with E-state index in [9.17, 15) is 15.0 Å². The van der Waals surface area contributed by atoms with E-state index in [1.807, 2.05) is 6.08 Å². The molecule has 0 aromatic heterocycles. The highest BCUT2D eigenvalue weighted by Crippen LogP contribution is 2.12. The Morgan fingerprint density at radius 2 is 0.867 bits per heavy atom. The van der Waals surface area contributed by atoms with E-state index >= 15 is 0 Å². The van der Waals surface area contributed by atoms with Crippen molar-refractivity contribution in [2.24, 2.45) is 0 Å². The number of carbonyl (C=O) groups is 1. The van der Waals surface area contributed by atoms with E-state index in [0.717, 1.165) is 38.5 Å². The number of hydrogen-bond donors (Lipinski definition) is 3. The van der Waals surface area contributed by atoms with Crippen LogP contribution in [0.4, 0.5) is 0 Å². The first-order valence-corrected chi connectivity index (χ1v) is 19.4. The second-order valence-corrected chi connectivity index (χ2v) is 13.0. The second kappa shape index (κ2) is 36.8. The molecule has 0 heterocycles. The molecular formula is C41H75NO3. The number of nitrogens with one attached hydrogen (secondary N) is 1. The highest BCUT2D eigenvalue weighted by atomic mass is 16.3. The van der Waals surface area contributed by atoms with Crippen LogP contribution in [0.5, 0.6) is 0 Å². The van der Waals surface area contributed by atoms with Gasteiger partial charge in [0.05, 0.1) is 18.8 Å². The summed E-state index contributed by atoms with van der Waals surface area (Å²) in [5.74, 6) is -0.0850. The first-order chi connectivity index (χ1) is 22.2. The van der Waals surface area contributed by atoms with Gasteiger partial charge in [0.25, 0.3) is 0 Å². The van der Waals surface area contributed by atoms with Gasteiger partial charge in [0, 0.05) is 6.42 Å². The lowest BCUT2D eigenvalue weighted by atomic mass is 10.1. The van der Waals surface area contributed by atoms with Crippen LogP contribution in [0, 0.1) is 0 Å². The predicted octanol–water partition coefficient (Wildman–Crippen LogP) is 11.6. The average molecular weight is 630 g/mol. The molecule has 0 aliphatic rings. The fourth-order valence-corrected chi connectivity index (χ4v) is 5.50. The zero-order valence-electron chi connectivity index (χ0n) is 29.9. The number of allylic oxidation sites excluding steroid dienone is 7. The zero-order chi connectivity index (χ0) is 32.9. The van der Waals surface area contributed by atoms with Crippen molar-refractivity contribution in [2.45, 2.75) is 199 Å². The maximum atomic E-state index is 12.3. The van der Waals surface area contributed by atoms with Gasteiger partial charge in [-0.15, -0.1) is 0 Å². The van der Waals surface area contributed by atoms with E-state index in [0.29, 0.717) is 6.42 Å². The van der Waals surface area contributed by atoms with Crippen molar-refractivity contribution in [3.05, 3.63) is 48.6 Å². The van der Waals surface area contributed by atoms with Crippen molar-refractivity contribution >= 4 is 5.91 Å². The van der Waals surface area contributed by atoms with Crippen molar-refractivity contribution in [1.29, 1.82) is 0 Å². The fraction of sp³-hybridized carbons (Fsp3) is 0.780. The number of unbranched alkanes of at least 4 members (excludes halogenated alkanes) is 21. The second-order valence-electron chi connectivity index (χ2n) is 13.0. The molecule has 262 valence electrons. The van der Waals surface area contributed by atoms with Gasteiger partial charge in [-0.05, 0) is 70.6 Å². The number of hydrogen-bond acceptors (Lipinski definition) is 3. The Morgan fingerprint density at radius 3 is 1.31 bits per heavy atom. The Kier molecular flexibility index (Phi) is 35.5. The van der Waals surface area contributed by atoms with Crippen LogP contribution in [-0.2, 0) is 4.79 Å². The zero-order valence-corrected chi connectivity index (χ0v) is 29.9. The molecule has 0 aromatic rings. The minimum atomic E-state index is -0.870. The number of carbonyl (C=O) groups excluding carboxylic acids is 1. The number of amides is 1. The van der Waals surface area contributed by atoms with Crippen LogP contribution >= 0.6 is 0 Å². The summed E-state index contributed by atoms with van der Waals surface area (Å²) in [7, 11) is 0. The first-order valence-electron chi connectivity index (χ1n) is 19.4. The average Bonchev–Trinajstić information content (AvgIpc) is 3.04. The van der Waals surface area contributed by atoms with E-state index in [1.54, 1.807) is 6.08 Å².